The van der Waals surface area contributed by atoms with Crippen LogP contribution >= 0.6 is 0 Å². The molecule has 1 amide bonds. The molecule has 0 saturated heterocycles. The summed E-state index contributed by atoms with van der Waals surface area (Å²) in [6.45, 7) is 0.0892. The van der Waals surface area contributed by atoms with Crippen molar-refractivity contribution < 1.29 is 18.0 Å². The van der Waals surface area contributed by atoms with E-state index in [1.165, 1.54) is 18.5 Å². The molecular formula is C13H14F3N3O. The Labute approximate surface area is 114 Å². The monoisotopic (exact) mass is 285 g/mol. The van der Waals surface area contributed by atoms with E-state index in [1.54, 1.807) is 0 Å². The maximum atomic E-state index is 12.0. The minimum atomic E-state index is -4.21. The molecular weight excluding hydrogens is 271 g/mol. The number of hydrogen-bond donors (Lipinski definition) is 2. The van der Waals surface area contributed by atoms with Gasteiger partial charge in [-0.3, -0.25) is 9.78 Å². The molecule has 0 unspecified atom stereocenters. The number of pyridine rings is 1. The third-order valence-corrected chi connectivity index (χ3v) is 2.31. The summed E-state index contributed by atoms with van der Waals surface area (Å²) in [4.78, 5) is 15.7. The van der Waals surface area contributed by atoms with E-state index in [1.807, 2.05) is 0 Å². The van der Waals surface area contributed by atoms with Gasteiger partial charge in [0.25, 0.3) is 5.91 Å². The molecule has 0 radical (unpaired) electrons. The van der Waals surface area contributed by atoms with E-state index in [0.717, 1.165) is 0 Å². The molecule has 0 aliphatic rings. The lowest BCUT2D eigenvalue weighted by molar-refractivity contribution is -0.135. The molecule has 0 atom stereocenters. The van der Waals surface area contributed by atoms with E-state index >= 15 is 0 Å². The van der Waals surface area contributed by atoms with Gasteiger partial charge in [0.1, 0.15) is 0 Å². The highest BCUT2D eigenvalue weighted by molar-refractivity contribution is 5.96. The summed E-state index contributed by atoms with van der Waals surface area (Å²) in [6.07, 6.45) is -2.47. The first-order chi connectivity index (χ1) is 9.44. The average molecular weight is 285 g/mol. The van der Waals surface area contributed by atoms with E-state index in [-0.39, 0.29) is 25.1 Å². The van der Waals surface area contributed by atoms with Crippen LogP contribution < -0.4 is 11.1 Å². The summed E-state index contributed by atoms with van der Waals surface area (Å²) in [7, 11) is 0. The van der Waals surface area contributed by atoms with E-state index < -0.39 is 18.5 Å². The minimum absolute atomic E-state index is 0.0512. The molecule has 4 nitrogen and oxygen atoms in total. The fourth-order valence-corrected chi connectivity index (χ4v) is 1.42. The van der Waals surface area contributed by atoms with Gasteiger partial charge in [-0.05, 0) is 12.5 Å². The zero-order valence-electron chi connectivity index (χ0n) is 10.6. The molecule has 0 saturated carbocycles. The van der Waals surface area contributed by atoms with Gasteiger partial charge in [0, 0.05) is 25.4 Å². The number of nitrogens with one attached hydrogen (secondary N) is 1. The zero-order chi connectivity index (χ0) is 15.0. The standard InChI is InChI=1S/C13H14F3N3O/c14-13(15,16)5-2-7-19-12(20)11-4-8-18-9-10(11)3-1-6-17/h4,8-9H,2,5-7,17H2,(H,19,20). The van der Waals surface area contributed by atoms with Crippen LogP contribution in [0.5, 0.6) is 0 Å². The van der Waals surface area contributed by atoms with E-state index in [4.69, 9.17) is 5.73 Å². The number of amides is 1. The maximum absolute atomic E-state index is 12.0. The number of nitrogens with two attached hydrogens (primary N) is 1. The van der Waals surface area contributed by atoms with Crippen LogP contribution in [-0.2, 0) is 0 Å². The van der Waals surface area contributed by atoms with Gasteiger partial charge in [-0.1, -0.05) is 11.8 Å². The molecule has 20 heavy (non-hydrogen) atoms. The van der Waals surface area contributed by atoms with Gasteiger partial charge in [-0.2, -0.15) is 13.2 Å². The summed E-state index contributed by atoms with van der Waals surface area (Å²) >= 11 is 0. The molecule has 1 aromatic heterocycles. The van der Waals surface area contributed by atoms with Crippen molar-refractivity contribution in [3.63, 3.8) is 0 Å². The number of alkyl halides is 3. The van der Waals surface area contributed by atoms with Gasteiger partial charge in [0.15, 0.2) is 0 Å². The first-order valence-corrected chi connectivity index (χ1v) is 5.92. The Bertz CT molecular complexity index is 518. The van der Waals surface area contributed by atoms with Crippen LogP contribution in [0.2, 0.25) is 0 Å². The van der Waals surface area contributed by atoms with Crippen molar-refractivity contribution in [1.29, 1.82) is 0 Å². The highest BCUT2D eigenvalue weighted by Gasteiger charge is 2.26. The van der Waals surface area contributed by atoms with Gasteiger partial charge in [-0.25, -0.2) is 0 Å². The molecule has 1 heterocycles. The van der Waals surface area contributed by atoms with E-state index in [9.17, 15) is 18.0 Å². The molecule has 3 N–H and O–H groups in total. The number of nitrogens with zero attached hydrogens (tertiary/aromatic N) is 1. The van der Waals surface area contributed by atoms with Crippen LogP contribution in [0, 0.1) is 11.8 Å². The summed E-state index contributed by atoms with van der Waals surface area (Å²) in [5.74, 6) is 4.81. The molecule has 7 heteroatoms. The summed E-state index contributed by atoms with van der Waals surface area (Å²) < 4.78 is 35.9. The number of hydrogen-bond acceptors (Lipinski definition) is 3. The predicted molar refractivity (Wildman–Crippen MR) is 67.8 cm³/mol. The number of rotatable bonds is 4. The van der Waals surface area contributed by atoms with Gasteiger partial charge in [0.2, 0.25) is 0 Å². The highest BCUT2D eigenvalue weighted by Crippen LogP contribution is 2.20. The lowest BCUT2D eigenvalue weighted by Crippen LogP contribution is -2.26. The van der Waals surface area contributed by atoms with E-state index in [2.05, 4.69) is 22.1 Å². The van der Waals surface area contributed by atoms with Gasteiger partial charge in [0.05, 0.1) is 17.7 Å². The lowest BCUT2D eigenvalue weighted by Gasteiger charge is -2.08. The van der Waals surface area contributed by atoms with Crippen molar-refractivity contribution in [2.24, 2.45) is 5.73 Å². The van der Waals surface area contributed by atoms with Crippen molar-refractivity contribution >= 4 is 5.91 Å². The average Bonchev–Trinajstić information content (AvgIpc) is 2.40. The Morgan fingerprint density at radius 1 is 1.45 bits per heavy atom. The van der Waals surface area contributed by atoms with Crippen LogP contribution in [0.25, 0.3) is 0 Å². The van der Waals surface area contributed by atoms with Crippen molar-refractivity contribution in [1.82, 2.24) is 10.3 Å². The Kier molecular flexibility index (Phi) is 6.00. The smallest absolute Gasteiger partial charge is 0.352 e. The first kappa shape index (κ1) is 16.0. The Hall–Kier alpha value is -2.07. The van der Waals surface area contributed by atoms with Gasteiger partial charge >= 0.3 is 6.18 Å². The van der Waals surface area contributed by atoms with Crippen molar-refractivity contribution in [2.45, 2.75) is 19.0 Å². The van der Waals surface area contributed by atoms with Gasteiger partial charge in [-0.15, -0.1) is 0 Å². The second-order valence-electron chi connectivity index (χ2n) is 3.90. The van der Waals surface area contributed by atoms with Gasteiger partial charge < -0.3 is 11.1 Å². The first-order valence-electron chi connectivity index (χ1n) is 5.92. The molecule has 1 rings (SSSR count). The largest absolute Gasteiger partial charge is 0.389 e. The fourth-order valence-electron chi connectivity index (χ4n) is 1.42. The number of carbonyl (C=O) groups is 1. The minimum Gasteiger partial charge on any atom is -0.352 e. The SMILES string of the molecule is NCC#Cc1cnccc1C(=O)NCCCC(F)(F)F. The van der Waals surface area contributed by atoms with Crippen LogP contribution in [0.4, 0.5) is 13.2 Å². The third-order valence-electron chi connectivity index (χ3n) is 2.31. The van der Waals surface area contributed by atoms with Crippen LogP contribution in [0.3, 0.4) is 0 Å². The van der Waals surface area contributed by atoms with E-state index in [0.29, 0.717) is 5.56 Å². The molecule has 0 aromatic carbocycles. The number of carbonyl (C=O) groups excluding carboxylic acids is 1. The van der Waals surface area contributed by atoms with Crippen LogP contribution in [-0.4, -0.2) is 30.2 Å². The maximum Gasteiger partial charge on any atom is 0.389 e. The van der Waals surface area contributed by atoms with Crippen LogP contribution in [0.1, 0.15) is 28.8 Å². The predicted octanol–water partition coefficient (Wildman–Crippen LogP) is 1.46. The lowest BCUT2D eigenvalue weighted by atomic mass is 10.1. The number of aromatic nitrogens is 1. The normalized spacial score (nSPS) is 10.6. The van der Waals surface area contributed by atoms with Crippen LogP contribution in [0.15, 0.2) is 18.5 Å². The third kappa shape index (κ3) is 5.71. The summed E-state index contributed by atoms with van der Waals surface area (Å²) in [6, 6.07) is 1.46. The second kappa shape index (κ2) is 7.50. The molecule has 0 spiro atoms. The molecule has 0 fully saturated rings. The van der Waals surface area contributed by atoms with Crippen molar-refractivity contribution in [3.05, 3.63) is 29.6 Å². The summed E-state index contributed by atoms with van der Waals surface area (Å²) in [5, 5.41) is 2.42. The highest BCUT2D eigenvalue weighted by atomic mass is 19.4. The topological polar surface area (TPSA) is 68.0 Å². The fraction of sp³-hybridized carbons (Fsp3) is 0.385. The molecule has 0 aliphatic heterocycles. The Morgan fingerprint density at radius 3 is 2.85 bits per heavy atom. The Balaban J connectivity index is 2.60. The quantitative estimate of drug-likeness (QED) is 0.650. The van der Waals surface area contributed by atoms with Crippen molar-refractivity contribution in [2.75, 3.05) is 13.1 Å². The number of halogens is 3. The molecule has 108 valence electrons. The van der Waals surface area contributed by atoms with Crippen molar-refractivity contribution in [3.8, 4) is 11.8 Å². The molecule has 0 aliphatic carbocycles. The molecule has 0 bridgehead atoms. The summed E-state index contributed by atoms with van der Waals surface area (Å²) in [5.41, 5.74) is 5.91. The Morgan fingerprint density at radius 2 is 2.20 bits per heavy atom. The second-order valence-corrected chi connectivity index (χ2v) is 3.90. The molecule has 1 aromatic rings. The zero-order valence-corrected chi connectivity index (χ0v) is 10.6.